The van der Waals surface area contributed by atoms with Crippen molar-refractivity contribution in [3.63, 3.8) is 0 Å². The molecule has 0 aliphatic heterocycles. The zero-order valence-electron chi connectivity index (χ0n) is 11.8. The van der Waals surface area contributed by atoms with E-state index in [2.05, 4.69) is 15.9 Å². The number of methoxy groups -OCH3 is 1. The number of halogens is 1. The Morgan fingerprint density at radius 3 is 2.50 bits per heavy atom. The Labute approximate surface area is 128 Å². The summed E-state index contributed by atoms with van der Waals surface area (Å²) in [5.74, 6) is 0.671. The largest absolute Gasteiger partial charge is 0.490 e. The van der Waals surface area contributed by atoms with Crippen LogP contribution in [0.1, 0.15) is 18.5 Å². The van der Waals surface area contributed by atoms with Gasteiger partial charge in [-0.25, -0.2) is 8.42 Å². The highest BCUT2D eigenvalue weighted by molar-refractivity contribution is 9.10. The predicted molar refractivity (Wildman–Crippen MR) is 82.7 cm³/mol. The van der Waals surface area contributed by atoms with Crippen LogP contribution in [0.2, 0.25) is 0 Å². The minimum Gasteiger partial charge on any atom is -0.490 e. The normalized spacial score (nSPS) is 14.8. The van der Waals surface area contributed by atoms with Crippen molar-refractivity contribution < 1.29 is 17.9 Å². The lowest BCUT2D eigenvalue weighted by molar-refractivity contribution is 0.146. The van der Waals surface area contributed by atoms with Crippen LogP contribution in [-0.2, 0) is 14.6 Å². The van der Waals surface area contributed by atoms with Gasteiger partial charge in [0, 0.05) is 19.4 Å². The minimum atomic E-state index is -3.18. The molecule has 0 fully saturated rings. The second kappa shape index (κ2) is 7.40. The third-order valence-corrected chi connectivity index (χ3v) is 5.33. The standard InChI is InChI=1S/C13H20BrNO4S/c1-9(20(3,16)17)13(15)10-4-5-12(11(14)8-10)19-7-6-18-2/h4-5,8-9,13H,6-7,15H2,1-3H3. The Morgan fingerprint density at radius 2 is 2.00 bits per heavy atom. The molecule has 0 aromatic heterocycles. The third-order valence-electron chi connectivity index (χ3n) is 3.07. The molecule has 0 bridgehead atoms. The van der Waals surface area contributed by atoms with Crippen LogP contribution >= 0.6 is 15.9 Å². The fourth-order valence-corrected chi connectivity index (χ4v) is 2.81. The Balaban J connectivity index is 2.86. The second-order valence-corrected chi connectivity index (χ2v) is 7.85. The summed E-state index contributed by atoms with van der Waals surface area (Å²) in [5.41, 5.74) is 6.75. The van der Waals surface area contributed by atoms with Crippen LogP contribution in [0.4, 0.5) is 0 Å². The molecule has 0 aliphatic carbocycles. The van der Waals surface area contributed by atoms with Gasteiger partial charge in [0.25, 0.3) is 0 Å². The predicted octanol–water partition coefficient (Wildman–Crippen LogP) is 1.91. The lowest BCUT2D eigenvalue weighted by atomic mass is 10.1. The van der Waals surface area contributed by atoms with Gasteiger partial charge in [-0.1, -0.05) is 6.07 Å². The molecule has 5 nitrogen and oxygen atoms in total. The van der Waals surface area contributed by atoms with Gasteiger partial charge in [-0.05, 0) is 40.5 Å². The summed E-state index contributed by atoms with van der Waals surface area (Å²) in [4.78, 5) is 0. The summed E-state index contributed by atoms with van der Waals surface area (Å²) in [6, 6.07) is 4.76. The fourth-order valence-electron chi connectivity index (χ4n) is 1.61. The number of sulfone groups is 1. The van der Waals surface area contributed by atoms with Crippen molar-refractivity contribution in [1.29, 1.82) is 0 Å². The molecule has 0 aliphatic rings. The zero-order valence-corrected chi connectivity index (χ0v) is 14.2. The number of nitrogens with two attached hydrogens (primary N) is 1. The molecule has 2 unspecified atom stereocenters. The van der Waals surface area contributed by atoms with Gasteiger partial charge in [0.05, 0.1) is 16.3 Å². The molecule has 2 atom stereocenters. The van der Waals surface area contributed by atoms with Crippen LogP contribution in [0.25, 0.3) is 0 Å². The summed E-state index contributed by atoms with van der Waals surface area (Å²) in [7, 11) is -1.57. The van der Waals surface area contributed by atoms with Crippen molar-refractivity contribution in [1.82, 2.24) is 0 Å². The molecule has 1 aromatic carbocycles. The molecule has 1 rings (SSSR count). The van der Waals surface area contributed by atoms with Crippen molar-refractivity contribution in [2.45, 2.75) is 18.2 Å². The van der Waals surface area contributed by atoms with E-state index in [-0.39, 0.29) is 0 Å². The van der Waals surface area contributed by atoms with E-state index in [1.165, 1.54) is 6.26 Å². The van der Waals surface area contributed by atoms with Crippen LogP contribution in [0.15, 0.2) is 22.7 Å². The first kappa shape index (κ1) is 17.4. The molecule has 1 aromatic rings. The molecule has 7 heteroatoms. The topological polar surface area (TPSA) is 78.6 Å². The summed E-state index contributed by atoms with van der Waals surface area (Å²) in [6.45, 7) is 2.55. The Hall–Kier alpha value is -0.630. The molecule has 0 spiro atoms. The SMILES string of the molecule is COCCOc1ccc(C(N)C(C)S(C)(=O)=O)cc1Br. The van der Waals surface area contributed by atoms with Crippen LogP contribution < -0.4 is 10.5 Å². The van der Waals surface area contributed by atoms with Gasteiger partial charge < -0.3 is 15.2 Å². The van der Waals surface area contributed by atoms with E-state index in [0.29, 0.717) is 19.0 Å². The highest BCUT2D eigenvalue weighted by atomic mass is 79.9. The van der Waals surface area contributed by atoms with Crippen LogP contribution in [0, 0.1) is 0 Å². The van der Waals surface area contributed by atoms with E-state index in [1.807, 2.05) is 0 Å². The van der Waals surface area contributed by atoms with Gasteiger partial charge in [0.1, 0.15) is 12.4 Å². The number of hydrogen-bond acceptors (Lipinski definition) is 5. The van der Waals surface area contributed by atoms with Gasteiger partial charge in [-0.15, -0.1) is 0 Å². The van der Waals surface area contributed by atoms with Crippen LogP contribution in [0.3, 0.4) is 0 Å². The maximum atomic E-state index is 11.5. The number of rotatable bonds is 7. The maximum absolute atomic E-state index is 11.5. The second-order valence-electron chi connectivity index (χ2n) is 4.59. The number of ether oxygens (including phenoxy) is 2. The zero-order chi connectivity index (χ0) is 15.3. The molecule has 0 heterocycles. The van der Waals surface area contributed by atoms with Crippen molar-refractivity contribution in [2.75, 3.05) is 26.6 Å². The van der Waals surface area contributed by atoms with Gasteiger partial charge in [0.15, 0.2) is 9.84 Å². The highest BCUT2D eigenvalue weighted by Crippen LogP contribution is 2.29. The lowest BCUT2D eigenvalue weighted by Gasteiger charge is -2.19. The lowest BCUT2D eigenvalue weighted by Crippen LogP contribution is -2.30. The van der Waals surface area contributed by atoms with Crippen LogP contribution in [-0.4, -0.2) is 40.2 Å². The highest BCUT2D eigenvalue weighted by Gasteiger charge is 2.24. The quantitative estimate of drug-likeness (QED) is 0.746. The Morgan fingerprint density at radius 1 is 1.35 bits per heavy atom. The van der Waals surface area contributed by atoms with Gasteiger partial charge >= 0.3 is 0 Å². The van der Waals surface area contributed by atoms with E-state index in [9.17, 15) is 8.42 Å². The third kappa shape index (κ3) is 4.73. The van der Waals surface area contributed by atoms with E-state index >= 15 is 0 Å². The Kier molecular flexibility index (Phi) is 6.44. The van der Waals surface area contributed by atoms with Crippen molar-refractivity contribution in [3.8, 4) is 5.75 Å². The van der Waals surface area contributed by atoms with E-state index in [1.54, 1.807) is 32.2 Å². The monoisotopic (exact) mass is 365 g/mol. The first-order valence-corrected chi connectivity index (χ1v) is 8.87. The van der Waals surface area contributed by atoms with Gasteiger partial charge in [-0.2, -0.15) is 0 Å². The van der Waals surface area contributed by atoms with Crippen LogP contribution in [0.5, 0.6) is 5.75 Å². The van der Waals surface area contributed by atoms with Gasteiger partial charge in [-0.3, -0.25) is 0 Å². The molecule has 0 saturated carbocycles. The summed E-state index contributed by atoms with van der Waals surface area (Å²) in [6.07, 6.45) is 1.19. The van der Waals surface area contributed by atoms with E-state index in [4.69, 9.17) is 15.2 Å². The summed E-state index contributed by atoms with van der Waals surface area (Å²) >= 11 is 3.40. The molecule has 0 amide bonds. The molecule has 0 radical (unpaired) electrons. The molecule has 2 N–H and O–H groups in total. The first-order valence-electron chi connectivity index (χ1n) is 6.13. The fraction of sp³-hybridized carbons (Fsp3) is 0.538. The Bertz CT molecular complexity index is 547. The van der Waals surface area contributed by atoms with E-state index < -0.39 is 21.1 Å². The van der Waals surface area contributed by atoms with Gasteiger partial charge in [0.2, 0.25) is 0 Å². The number of benzene rings is 1. The van der Waals surface area contributed by atoms with Crippen molar-refractivity contribution >= 4 is 25.8 Å². The maximum Gasteiger partial charge on any atom is 0.151 e. The van der Waals surface area contributed by atoms with E-state index in [0.717, 1.165) is 10.0 Å². The molecular formula is C13H20BrNO4S. The van der Waals surface area contributed by atoms with Crippen molar-refractivity contribution in [3.05, 3.63) is 28.2 Å². The average molecular weight is 366 g/mol. The first-order chi connectivity index (χ1) is 9.27. The molecule has 0 saturated heterocycles. The smallest absolute Gasteiger partial charge is 0.151 e. The molecule has 114 valence electrons. The molecular weight excluding hydrogens is 346 g/mol. The summed E-state index contributed by atoms with van der Waals surface area (Å²) < 4.78 is 34.2. The summed E-state index contributed by atoms with van der Waals surface area (Å²) in [5, 5.41) is -0.644. The average Bonchev–Trinajstić information content (AvgIpc) is 2.38. The number of hydrogen-bond donors (Lipinski definition) is 1. The minimum absolute atomic E-state index is 0.445. The van der Waals surface area contributed by atoms with Crippen molar-refractivity contribution in [2.24, 2.45) is 5.73 Å². The molecule has 20 heavy (non-hydrogen) atoms.